The van der Waals surface area contributed by atoms with Gasteiger partial charge in [-0.1, -0.05) is 32.4 Å². The molecule has 3 aromatic rings. The minimum absolute atomic E-state index is 0.0180. The van der Waals surface area contributed by atoms with Crippen molar-refractivity contribution < 1.29 is 19.1 Å². The predicted octanol–water partition coefficient (Wildman–Crippen LogP) is 5.29. The van der Waals surface area contributed by atoms with E-state index in [9.17, 15) is 4.79 Å². The van der Waals surface area contributed by atoms with E-state index < -0.39 is 0 Å². The standard InChI is InChI=1S/C33H47N7O3.CH2O/c1-6-9-23(2)32(34-4)33(41)35-15-17-43-29-19-27(13-14-28(29)42-5)39-31-20-30(36-22-37-31)38-26-12-7-11-25(18-26)21-40-16-8-10-24(40)3;1-2/h7,11-14,18-20,22-24,32,34H,6,8-10,15-17,21H2,1-5H3,(H,35,41)(H2,36,37,38,39);1H2/t23?,24?,32-;/m0./s1. The monoisotopic (exact) mass is 619 g/mol. The van der Waals surface area contributed by atoms with E-state index in [-0.39, 0.29) is 17.9 Å². The number of rotatable bonds is 16. The summed E-state index contributed by atoms with van der Waals surface area (Å²) in [6.07, 6.45) is 6.10. The van der Waals surface area contributed by atoms with Crippen LogP contribution in [-0.4, -0.2) is 73.5 Å². The van der Waals surface area contributed by atoms with E-state index in [1.54, 1.807) is 7.11 Å². The van der Waals surface area contributed by atoms with Gasteiger partial charge in [0.05, 0.1) is 19.7 Å². The molecule has 1 aliphatic rings. The molecule has 3 atom stereocenters. The Morgan fingerprint density at radius 2 is 1.80 bits per heavy atom. The van der Waals surface area contributed by atoms with Crippen LogP contribution >= 0.6 is 0 Å². The average Bonchev–Trinajstić information content (AvgIpc) is 3.45. The Morgan fingerprint density at radius 3 is 2.44 bits per heavy atom. The molecular formula is C34H49N7O4. The van der Waals surface area contributed by atoms with Crippen molar-refractivity contribution in [1.29, 1.82) is 0 Å². The SMILES string of the molecule is C=O.CCCC(C)[C@H](NC)C(=O)NCCOc1cc(Nc2cc(Nc3cccc(CN4CCCC4C)c3)ncn2)ccc1OC. The number of likely N-dealkylation sites (N-methyl/N-ethyl adjacent to an activating group) is 1. The van der Waals surface area contributed by atoms with Crippen LogP contribution in [0, 0.1) is 5.92 Å². The number of benzene rings is 2. The summed E-state index contributed by atoms with van der Waals surface area (Å²) in [4.78, 5) is 32.0. The van der Waals surface area contributed by atoms with Crippen molar-refractivity contribution in [1.82, 2.24) is 25.5 Å². The first-order chi connectivity index (χ1) is 21.9. The van der Waals surface area contributed by atoms with Crippen LogP contribution in [0.15, 0.2) is 54.9 Å². The maximum absolute atomic E-state index is 12.6. The number of hydrogen-bond acceptors (Lipinski definition) is 10. The third-order valence-corrected chi connectivity index (χ3v) is 7.94. The van der Waals surface area contributed by atoms with Gasteiger partial charge in [-0.15, -0.1) is 0 Å². The van der Waals surface area contributed by atoms with E-state index in [0.29, 0.717) is 42.3 Å². The molecule has 11 heteroatoms. The molecule has 0 bridgehead atoms. The summed E-state index contributed by atoms with van der Waals surface area (Å²) in [7, 11) is 3.42. The van der Waals surface area contributed by atoms with Crippen molar-refractivity contribution in [2.45, 2.75) is 65.1 Å². The van der Waals surface area contributed by atoms with Crippen LogP contribution < -0.4 is 30.7 Å². The molecule has 1 amide bonds. The van der Waals surface area contributed by atoms with Crippen LogP contribution in [0.1, 0.15) is 52.0 Å². The first-order valence-electron chi connectivity index (χ1n) is 15.6. The van der Waals surface area contributed by atoms with Crippen molar-refractivity contribution in [2.75, 3.05) is 44.5 Å². The van der Waals surface area contributed by atoms with Crippen LogP contribution in [-0.2, 0) is 16.1 Å². The van der Waals surface area contributed by atoms with E-state index in [2.05, 4.69) is 75.1 Å². The maximum Gasteiger partial charge on any atom is 0.237 e. The molecule has 4 N–H and O–H groups in total. The Balaban J connectivity index is 0.00000271. The van der Waals surface area contributed by atoms with Gasteiger partial charge in [-0.25, -0.2) is 9.97 Å². The molecule has 244 valence electrons. The molecule has 1 fully saturated rings. The zero-order chi connectivity index (χ0) is 32.6. The Hall–Kier alpha value is -4.22. The van der Waals surface area contributed by atoms with E-state index in [1.165, 1.54) is 24.7 Å². The number of hydrogen-bond donors (Lipinski definition) is 4. The van der Waals surface area contributed by atoms with Gasteiger partial charge in [-0.3, -0.25) is 9.69 Å². The van der Waals surface area contributed by atoms with Gasteiger partial charge in [0, 0.05) is 36.1 Å². The maximum atomic E-state index is 12.6. The Morgan fingerprint density at radius 1 is 1.07 bits per heavy atom. The van der Waals surface area contributed by atoms with Gasteiger partial charge < -0.3 is 35.5 Å². The number of ether oxygens (including phenoxy) is 2. The number of nitrogens with one attached hydrogen (secondary N) is 4. The molecule has 1 aliphatic heterocycles. The van der Waals surface area contributed by atoms with E-state index in [1.807, 2.05) is 44.2 Å². The second-order valence-electron chi connectivity index (χ2n) is 11.2. The van der Waals surface area contributed by atoms with E-state index in [4.69, 9.17) is 14.3 Å². The van der Waals surface area contributed by atoms with Crippen molar-refractivity contribution in [3.8, 4) is 11.5 Å². The van der Waals surface area contributed by atoms with Gasteiger partial charge in [0.15, 0.2) is 11.5 Å². The minimum Gasteiger partial charge on any atom is -0.493 e. The van der Waals surface area contributed by atoms with Gasteiger partial charge in [-0.05, 0) is 75.5 Å². The molecule has 1 aromatic heterocycles. The third-order valence-electron chi connectivity index (χ3n) is 7.94. The van der Waals surface area contributed by atoms with E-state index in [0.717, 1.165) is 37.3 Å². The first-order valence-corrected chi connectivity index (χ1v) is 15.6. The lowest BCUT2D eigenvalue weighted by Crippen LogP contribution is -2.47. The number of carbonyl (C=O) groups is 2. The number of carbonyl (C=O) groups excluding carboxylic acids is 2. The predicted molar refractivity (Wildman–Crippen MR) is 180 cm³/mol. The highest BCUT2D eigenvalue weighted by Crippen LogP contribution is 2.31. The molecule has 2 unspecified atom stereocenters. The van der Waals surface area contributed by atoms with Crippen LogP contribution in [0.3, 0.4) is 0 Å². The second kappa shape index (κ2) is 18.6. The third kappa shape index (κ3) is 10.7. The van der Waals surface area contributed by atoms with Crippen molar-refractivity contribution in [3.05, 3.63) is 60.4 Å². The molecule has 45 heavy (non-hydrogen) atoms. The summed E-state index contributed by atoms with van der Waals surface area (Å²) < 4.78 is 11.5. The molecule has 0 saturated carbocycles. The summed E-state index contributed by atoms with van der Waals surface area (Å²) in [5.41, 5.74) is 3.06. The molecule has 1 saturated heterocycles. The summed E-state index contributed by atoms with van der Waals surface area (Å²) in [5.74, 6) is 2.75. The van der Waals surface area contributed by atoms with Gasteiger partial charge in [0.25, 0.3) is 0 Å². The highest BCUT2D eigenvalue weighted by molar-refractivity contribution is 5.82. The molecule has 0 radical (unpaired) electrons. The van der Waals surface area contributed by atoms with Gasteiger partial charge in [0.1, 0.15) is 31.4 Å². The molecule has 0 spiro atoms. The zero-order valence-electron chi connectivity index (χ0n) is 27.3. The van der Waals surface area contributed by atoms with Crippen molar-refractivity contribution in [2.24, 2.45) is 5.92 Å². The smallest absolute Gasteiger partial charge is 0.237 e. The molecular weight excluding hydrogens is 570 g/mol. The van der Waals surface area contributed by atoms with Gasteiger partial charge in [0.2, 0.25) is 5.91 Å². The average molecular weight is 620 g/mol. The van der Waals surface area contributed by atoms with E-state index >= 15 is 0 Å². The molecule has 0 aliphatic carbocycles. The summed E-state index contributed by atoms with van der Waals surface area (Å²) >= 11 is 0. The van der Waals surface area contributed by atoms with Crippen LogP contribution in [0.2, 0.25) is 0 Å². The summed E-state index contributed by atoms with van der Waals surface area (Å²) in [6, 6.07) is 16.4. The quantitative estimate of drug-likeness (QED) is 0.157. The number of aromatic nitrogens is 2. The lowest BCUT2D eigenvalue weighted by Gasteiger charge is -2.22. The fourth-order valence-corrected chi connectivity index (χ4v) is 5.61. The Kier molecular flexibility index (Phi) is 14.5. The largest absolute Gasteiger partial charge is 0.493 e. The zero-order valence-corrected chi connectivity index (χ0v) is 27.3. The minimum atomic E-state index is -0.225. The molecule has 4 rings (SSSR count). The molecule has 2 aromatic carbocycles. The number of likely N-dealkylation sites (tertiary alicyclic amines) is 1. The van der Waals surface area contributed by atoms with Crippen LogP contribution in [0.5, 0.6) is 11.5 Å². The second-order valence-corrected chi connectivity index (χ2v) is 11.2. The Bertz CT molecular complexity index is 1340. The van der Waals surface area contributed by atoms with Crippen LogP contribution in [0.4, 0.5) is 23.0 Å². The fourth-order valence-electron chi connectivity index (χ4n) is 5.61. The highest BCUT2D eigenvalue weighted by atomic mass is 16.5. The first kappa shape index (κ1) is 35.3. The number of nitrogens with zero attached hydrogens (tertiary/aromatic N) is 3. The molecule has 11 nitrogen and oxygen atoms in total. The fraction of sp³-hybridized carbons (Fsp3) is 0.471. The Labute approximate surface area is 267 Å². The summed E-state index contributed by atoms with van der Waals surface area (Å²) in [6.45, 7) is 11.3. The molecule has 2 heterocycles. The number of amides is 1. The highest BCUT2D eigenvalue weighted by Gasteiger charge is 2.22. The number of anilines is 4. The summed E-state index contributed by atoms with van der Waals surface area (Å²) in [5, 5.41) is 12.8. The van der Waals surface area contributed by atoms with Gasteiger partial charge >= 0.3 is 0 Å². The van der Waals surface area contributed by atoms with Crippen molar-refractivity contribution >= 4 is 35.7 Å². The lowest BCUT2D eigenvalue weighted by molar-refractivity contribution is -0.124. The van der Waals surface area contributed by atoms with Gasteiger partial charge in [-0.2, -0.15) is 0 Å². The van der Waals surface area contributed by atoms with Crippen LogP contribution in [0.25, 0.3) is 0 Å². The number of methoxy groups -OCH3 is 1. The lowest BCUT2D eigenvalue weighted by atomic mass is 9.96. The topological polar surface area (TPSA) is 130 Å². The normalized spacial score (nSPS) is 15.7. The van der Waals surface area contributed by atoms with Crippen molar-refractivity contribution in [3.63, 3.8) is 0 Å².